The lowest BCUT2D eigenvalue weighted by molar-refractivity contribution is -0.147. The number of methoxy groups -OCH3 is 1. The van der Waals surface area contributed by atoms with E-state index >= 15 is 0 Å². The predicted octanol–water partition coefficient (Wildman–Crippen LogP) is 5.43. The van der Waals surface area contributed by atoms with Gasteiger partial charge in [-0.1, -0.05) is 32.0 Å². The molecule has 1 atom stereocenters. The van der Waals surface area contributed by atoms with Crippen LogP contribution in [-0.4, -0.2) is 36.0 Å². The molecule has 1 aliphatic heterocycles. The van der Waals surface area contributed by atoms with Gasteiger partial charge in [-0.05, 0) is 59.0 Å². The van der Waals surface area contributed by atoms with Gasteiger partial charge in [0.25, 0.3) is 5.91 Å². The molecular formula is C27H25F2N3O4. The molecule has 0 radical (unpaired) electrons. The number of fused-ring (bicyclic) bond motifs is 1. The van der Waals surface area contributed by atoms with Gasteiger partial charge in [-0.3, -0.25) is 4.79 Å². The third-order valence-electron chi connectivity index (χ3n) is 6.00. The van der Waals surface area contributed by atoms with Gasteiger partial charge in [-0.25, -0.2) is 18.4 Å². The Kier molecular flexibility index (Phi) is 7.00. The maximum absolute atomic E-state index is 13.7. The van der Waals surface area contributed by atoms with Gasteiger partial charge in [0.2, 0.25) is 0 Å². The van der Waals surface area contributed by atoms with Crippen LogP contribution in [0.5, 0.6) is 0 Å². The molecule has 0 bridgehead atoms. The van der Waals surface area contributed by atoms with Crippen molar-refractivity contribution in [2.24, 2.45) is 5.92 Å². The molecular weight excluding hydrogens is 468 g/mol. The summed E-state index contributed by atoms with van der Waals surface area (Å²) < 4.78 is 31.7. The zero-order valence-electron chi connectivity index (χ0n) is 20.0. The summed E-state index contributed by atoms with van der Waals surface area (Å²) in [6, 6.07) is 14.0. The van der Waals surface area contributed by atoms with Gasteiger partial charge in [0.05, 0.1) is 12.8 Å². The minimum absolute atomic E-state index is 0.105. The lowest BCUT2D eigenvalue weighted by Crippen LogP contribution is -2.45. The predicted molar refractivity (Wildman–Crippen MR) is 131 cm³/mol. The Hall–Kier alpha value is -4.27. The van der Waals surface area contributed by atoms with Gasteiger partial charge in [0.15, 0.2) is 0 Å². The van der Waals surface area contributed by atoms with Crippen LogP contribution in [0.2, 0.25) is 0 Å². The number of nitrogens with one attached hydrogen (secondary N) is 2. The number of amides is 3. The average Bonchev–Trinajstić information content (AvgIpc) is 3.16. The van der Waals surface area contributed by atoms with E-state index in [2.05, 4.69) is 10.6 Å². The first-order valence-corrected chi connectivity index (χ1v) is 11.3. The fraction of sp³-hybridized carbons (Fsp3) is 0.222. The minimum atomic E-state index is -0.875. The second-order valence-corrected chi connectivity index (χ2v) is 8.80. The number of nitrogens with zero attached hydrogens (tertiary/aromatic N) is 1. The maximum atomic E-state index is 13.7. The molecule has 1 aliphatic rings. The highest BCUT2D eigenvalue weighted by Gasteiger charge is 2.38. The summed E-state index contributed by atoms with van der Waals surface area (Å²) in [5.41, 5.74) is 3.42. The molecule has 186 valence electrons. The highest BCUT2D eigenvalue weighted by molar-refractivity contribution is 6.01. The minimum Gasteiger partial charge on any atom is -0.467 e. The molecule has 3 aromatic carbocycles. The van der Waals surface area contributed by atoms with E-state index in [1.807, 2.05) is 26.0 Å². The molecule has 3 amide bonds. The number of benzene rings is 3. The topological polar surface area (TPSA) is 87.7 Å². The molecule has 0 saturated carbocycles. The number of carbonyl (C=O) groups is 3. The number of halogens is 2. The Bertz CT molecular complexity index is 1330. The van der Waals surface area contributed by atoms with Crippen LogP contribution in [0.15, 0.2) is 60.7 Å². The van der Waals surface area contributed by atoms with Crippen molar-refractivity contribution in [3.8, 4) is 11.1 Å². The summed E-state index contributed by atoms with van der Waals surface area (Å²) in [5.74, 6) is -2.36. The van der Waals surface area contributed by atoms with Crippen LogP contribution in [0.3, 0.4) is 0 Å². The Labute approximate surface area is 207 Å². The summed E-state index contributed by atoms with van der Waals surface area (Å²) in [6.07, 6.45) is 0. The van der Waals surface area contributed by atoms with Gasteiger partial charge in [0.1, 0.15) is 17.7 Å². The van der Waals surface area contributed by atoms with Crippen molar-refractivity contribution < 1.29 is 27.9 Å². The average molecular weight is 494 g/mol. The number of hydrogen-bond donors (Lipinski definition) is 2. The molecule has 2 N–H and O–H groups in total. The monoisotopic (exact) mass is 493 g/mol. The third-order valence-corrected chi connectivity index (χ3v) is 6.00. The van der Waals surface area contributed by atoms with Crippen LogP contribution in [0, 0.1) is 17.6 Å². The Morgan fingerprint density at radius 1 is 0.944 bits per heavy atom. The van der Waals surface area contributed by atoms with Gasteiger partial charge < -0.3 is 20.3 Å². The molecule has 0 unspecified atom stereocenters. The van der Waals surface area contributed by atoms with E-state index in [0.29, 0.717) is 23.9 Å². The quantitative estimate of drug-likeness (QED) is 0.449. The lowest BCUT2D eigenvalue weighted by Gasteiger charge is -2.28. The van der Waals surface area contributed by atoms with Crippen molar-refractivity contribution in [2.45, 2.75) is 26.4 Å². The van der Waals surface area contributed by atoms with E-state index in [1.165, 1.54) is 7.11 Å². The first-order valence-electron chi connectivity index (χ1n) is 11.3. The van der Waals surface area contributed by atoms with Crippen LogP contribution < -0.4 is 10.6 Å². The number of rotatable bonds is 6. The molecule has 36 heavy (non-hydrogen) atoms. The second-order valence-electron chi connectivity index (χ2n) is 8.80. The molecule has 3 aromatic rings. The molecule has 0 spiro atoms. The third kappa shape index (κ3) is 5.05. The Morgan fingerprint density at radius 3 is 2.28 bits per heavy atom. The standard InChI is InChI=1S/C27H25F2N3O4/c1-15(2)24(26(34)36-3)32-14-18-12-17(6-10-21(18)25(32)33)16-4-8-20(9-5-16)30-27(35)31-23-11-7-19(28)13-22(23)29/h4-13,15,24H,14H2,1-3H3,(H2,30,31,35)/t24-/m0/s1. The van der Waals surface area contributed by atoms with Crippen LogP contribution in [-0.2, 0) is 16.1 Å². The van der Waals surface area contributed by atoms with E-state index in [4.69, 9.17) is 4.74 Å². The van der Waals surface area contributed by atoms with Crippen LogP contribution in [0.1, 0.15) is 29.8 Å². The lowest BCUT2D eigenvalue weighted by atomic mass is 10.0. The first kappa shape index (κ1) is 24.8. The van der Waals surface area contributed by atoms with Gasteiger partial charge in [-0.15, -0.1) is 0 Å². The molecule has 4 rings (SSSR count). The van der Waals surface area contributed by atoms with E-state index in [9.17, 15) is 23.2 Å². The van der Waals surface area contributed by atoms with Crippen LogP contribution in [0.25, 0.3) is 11.1 Å². The number of carbonyl (C=O) groups excluding carboxylic acids is 3. The SMILES string of the molecule is COC(=O)[C@H](C(C)C)N1Cc2cc(-c3ccc(NC(=O)Nc4ccc(F)cc4F)cc3)ccc2C1=O. The summed E-state index contributed by atoms with van der Waals surface area (Å²) in [6.45, 7) is 4.05. The normalized spacial score (nSPS) is 13.4. The van der Waals surface area contributed by atoms with E-state index < -0.39 is 29.7 Å². The zero-order valence-corrected chi connectivity index (χ0v) is 20.0. The Balaban J connectivity index is 1.46. The van der Waals surface area contributed by atoms with Crippen molar-refractivity contribution >= 4 is 29.3 Å². The van der Waals surface area contributed by atoms with E-state index in [0.717, 1.165) is 28.8 Å². The molecule has 9 heteroatoms. The largest absolute Gasteiger partial charge is 0.467 e. The fourth-order valence-electron chi connectivity index (χ4n) is 4.25. The van der Waals surface area contributed by atoms with Crippen molar-refractivity contribution in [1.82, 2.24) is 4.90 Å². The van der Waals surface area contributed by atoms with Gasteiger partial charge in [-0.2, -0.15) is 0 Å². The van der Waals surface area contributed by atoms with E-state index in [1.54, 1.807) is 35.2 Å². The summed E-state index contributed by atoms with van der Waals surface area (Å²) in [5, 5.41) is 4.93. The highest BCUT2D eigenvalue weighted by Crippen LogP contribution is 2.32. The summed E-state index contributed by atoms with van der Waals surface area (Å²) in [4.78, 5) is 39.0. The molecule has 0 fully saturated rings. The summed E-state index contributed by atoms with van der Waals surface area (Å²) >= 11 is 0. The Morgan fingerprint density at radius 2 is 1.64 bits per heavy atom. The number of urea groups is 1. The molecule has 7 nitrogen and oxygen atoms in total. The van der Waals surface area contributed by atoms with Crippen LogP contribution >= 0.6 is 0 Å². The fourth-order valence-corrected chi connectivity index (χ4v) is 4.25. The van der Waals surface area contributed by atoms with Crippen molar-refractivity contribution in [3.63, 3.8) is 0 Å². The number of esters is 1. The molecule has 0 aromatic heterocycles. The zero-order chi connectivity index (χ0) is 26.0. The highest BCUT2D eigenvalue weighted by atomic mass is 19.1. The van der Waals surface area contributed by atoms with Crippen molar-refractivity contribution in [2.75, 3.05) is 17.7 Å². The first-order chi connectivity index (χ1) is 17.2. The number of ether oxygens (including phenoxy) is 1. The summed E-state index contributed by atoms with van der Waals surface area (Å²) in [7, 11) is 1.31. The molecule has 0 aliphatic carbocycles. The molecule has 0 saturated heterocycles. The van der Waals surface area contributed by atoms with E-state index in [-0.39, 0.29) is 17.5 Å². The molecule has 1 heterocycles. The number of anilines is 2. The maximum Gasteiger partial charge on any atom is 0.328 e. The number of hydrogen-bond acceptors (Lipinski definition) is 4. The van der Waals surface area contributed by atoms with Crippen molar-refractivity contribution in [1.29, 1.82) is 0 Å². The smallest absolute Gasteiger partial charge is 0.328 e. The van der Waals surface area contributed by atoms with Crippen LogP contribution in [0.4, 0.5) is 25.0 Å². The van der Waals surface area contributed by atoms with Gasteiger partial charge >= 0.3 is 12.0 Å². The second kappa shape index (κ2) is 10.2. The van der Waals surface area contributed by atoms with Gasteiger partial charge in [0, 0.05) is 23.9 Å². The van der Waals surface area contributed by atoms with Crippen molar-refractivity contribution in [3.05, 3.63) is 83.4 Å².